The van der Waals surface area contributed by atoms with E-state index >= 15 is 0 Å². The van der Waals surface area contributed by atoms with E-state index in [1.807, 2.05) is 49.5 Å². The van der Waals surface area contributed by atoms with Crippen LogP contribution in [-0.2, 0) is 4.79 Å². The van der Waals surface area contributed by atoms with E-state index in [1.54, 1.807) is 7.11 Å². The van der Waals surface area contributed by atoms with Gasteiger partial charge >= 0.3 is 0 Å². The number of carbonyl (C=O) groups excluding carboxylic acids is 1. The summed E-state index contributed by atoms with van der Waals surface area (Å²) in [5.74, 6) is 0.819. The van der Waals surface area contributed by atoms with Gasteiger partial charge in [-0.1, -0.05) is 30.3 Å². The van der Waals surface area contributed by atoms with Crippen LogP contribution in [0, 0.1) is 0 Å². The van der Waals surface area contributed by atoms with E-state index in [2.05, 4.69) is 22.4 Å². The van der Waals surface area contributed by atoms with Crippen LogP contribution in [0.2, 0.25) is 0 Å². The lowest BCUT2D eigenvalue weighted by molar-refractivity contribution is -0.121. The molecule has 6 heteroatoms. The smallest absolute Gasteiger partial charge is 0.221 e. The average molecular weight is 388 g/mol. The van der Waals surface area contributed by atoms with Crippen molar-refractivity contribution in [1.82, 2.24) is 10.3 Å². The molecule has 1 heterocycles. The SMILES string of the molecule is COc1ccc(C(CNC(=O)CC(C)N)c2c[nH]c3ccccc23)cc1.Cl. The molecule has 4 N–H and O–H groups in total. The number of halogens is 1. The van der Waals surface area contributed by atoms with Gasteiger partial charge in [-0.2, -0.15) is 0 Å². The number of H-pyrrole nitrogens is 1. The quantitative estimate of drug-likeness (QED) is 0.579. The summed E-state index contributed by atoms with van der Waals surface area (Å²) < 4.78 is 5.26. The summed E-state index contributed by atoms with van der Waals surface area (Å²) in [4.78, 5) is 15.4. The Morgan fingerprint density at radius 1 is 1.19 bits per heavy atom. The van der Waals surface area contributed by atoms with E-state index in [0.717, 1.165) is 27.8 Å². The maximum absolute atomic E-state index is 12.1. The van der Waals surface area contributed by atoms with E-state index < -0.39 is 0 Å². The molecule has 2 unspecified atom stereocenters. The first kappa shape index (κ1) is 20.8. The molecule has 27 heavy (non-hydrogen) atoms. The van der Waals surface area contributed by atoms with Crippen LogP contribution >= 0.6 is 12.4 Å². The van der Waals surface area contributed by atoms with Crippen LogP contribution in [-0.4, -0.2) is 30.6 Å². The van der Waals surface area contributed by atoms with Crippen molar-refractivity contribution in [1.29, 1.82) is 0 Å². The third-order valence-electron chi connectivity index (χ3n) is 4.53. The van der Waals surface area contributed by atoms with Crippen LogP contribution in [0.3, 0.4) is 0 Å². The molecule has 0 fully saturated rings. The molecule has 0 spiro atoms. The minimum Gasteiger partial charge on any atom is -0.497 e. The zero-order chi connectivity index (χ0) is 18.5. The normalized spacial score (nSPS) is 12.9. The Morgan fingerprint density at radius 2 is 1.89 bits per heavy atom. The number of amides is 1. The molecule has 3 rings (SSSR count). The van der Waals surface area contributed by atoms with Gasteiger partial charge in [0.2, 0.25) is 5.91 Å². The number of carbonyl (C=O) groups is 1. The molecule has 1 amide bonds. The topological polar surface area (TPSA) is 80.1 Å². The third kappa shape index (κ3) is 5.02. The predicted octanol–water partition coefficient (Wildman–Crippen LogP) is 3.58. The number of hydrogen-bond acceptors (Lipinski definition) is 3. The van der Waals surface area contributed by atoms with Gasteiger partial charge in [-0.25, -0.2) is 0 Å². The number of para-hydroxylation sites is 1. The van der Waals surface area contributed by atoms with Crippen molar-refractivity contribution in [2.75, 3.05) is 13.7 Å². The zero-order valence-corrected chi connectivity index (χ0v) is 16.4. The highest BCUT2D eigenvalue weighted by Crippen LogP contribution is 2.31. The highest BCUT2D eigenvalue weighted by atomic mass is 35.5. The summed E-state index contributed by atoms with van der Waals surface area (Å²) in [6.45, 7) is 2.35. The maximum atomic E-state index is 12.1. The van der Waals surface area contributed by atoms with Crippen molar-refractivity contribution in [3.63, 3.8) is 0 Å². The monoisotopic (exact) mass is 387 g/mol. The Balaban J connectivity index is 0.00000261. The number of aromatic nitrogens is 1. The molecule has 0 bridgehead atoms. The number of methoxy groups -OCH3 is 1. The minimum absolute atomic E-state index is 0. The molecular weight excluding hydrogens is 362 g/mol. The number of benzene rings is 2. The largest absolute Gasteiger partial charge is 0.497 e. The van der Waals surface area contributed by atoms with Crippen LogP contribution in [0.4, 0.5) is 0 Å². The molecule has 3 aromatic rings. The molecule has 0 aliphatic heterocycles. The summed E-state index contributed by atoms with van der Waals surface area (Å²) in [5, 5.41) is 4.19. The van der Waals surface area contributed by atoms with Gasteiger partial charge in [0.1, 0.15) is 5.75 Å². The summed E-state index contributed by atoms with van der Waals surface area (Å²) in [6.07, 6.45) is 2.35. The lowest BCUT2D eigenvalue weighted by atomic mass is 9.90. The predicted molar refractivity (Wildman–Crippen MR) is 112 cm³/mol. The molecule has 0 radical (unpaired) electrons. The number of aromatic amines is 1. The highest BCUT2D eigenvalue weighted by Gasteiger charge is 2.19. The van der Waals surface area contributed by atoms with Gasteiger partial charge < -0.3 is 20.8 Å². The van der Waals surface area contributed by atoms with E-state index in [9.17, 15) is 4.79 Å². The molecule has 2 aromatic carbocycles. The van der Waals surface area contributed by atoms with Crippen LogP contribution in [0.1, 0.15) is 30.4 Å². The molecule has 144 valence electrons. The Bertz CT molecular complexity index is 875. The first-order valence-corrected chi connectivity index (χ1v) is 8.80. The lowest BCUT2D eigenvalue weighted by Crippen LogP contribution is -2.33. The Labute approximate surface area is 165 Å². The van der Waals surface area contributed by atoms with E-state index in [1.165, 1.54) is 0 Å². The third-order valence-corrected chi connectivity index (χ3v) is 4.53. The van der Waals surface area contributed by atoms with Crippen molar-refractivity contribution in [2.45, 2.75) is 25.3 Å². The fourth-order valence-corrected chi connectivity index (χ4v) is 3.21. The first-order chi connectivity index (χ1) is 12.6. The van der Waals surface area contributed by atoms with Gasteiger partial charge in [0.15, 0.2) is 0 Å². The summed E-state index contributed by atoms with van der Waals surface area (Å²) in [5.41, 5.74) is 9.10. The van der Waals surface area contributed by atoms with Gasteiger partial charge in [0.05, 0.1) is 7.11 Å². The Hall–Kier alpha value is -2.50. The maximum Gasteiger partial charge on any atom is 0.221 e. The van der Waals surface area contributed by atoms with E-state index in [-0.39, 0.29) is 30.3 Å². The lowest BCUT2D eigenvalue weighted by Gasteiger charge is -2.19. The number of fused-ring (bicyclic) bond motifs is 1. The van der Waals surface area contributed by atoms with Crippen molar-refractivity contribution in [2.24, 2.45) is 5.73 Å². The fraction of sp³-hybridized carbons (Fsp3) is 0.286. The molecule has 0 aliphatic rings. The average Bonchev–Trinajstić information content (AvgIpc) is 3.06. The van der Waals surface area contributed by atoms with Crippen molar-refractivity contribution >= 4 is 29.2 Å². The first-order valence-electron chi connectivity index (χ1n) is 8.80. The zero-order valence-electron chi connectivity index (χ0n) is 15.6. The van der Waals surface area contributed by atoms with E-state index in [0.29, 0.717) is 13.0 Å². The summed E-state index contributed by atoms with van der Waals surface area (Å²) in [7, 11) is 1.65. The second kappa shape index (κ2) is 9.44. The fourth-order valence-electron chi connectivity index (χ4n) is 3.21. The number of ether oxygens (including phenoxy) is 1. The number of hydrogen-bond donors (Lipinski definition) is 3. The standard InChI is InChI=1S/C21H25N3O2.ClH/c1-14(22)11-21(25)24-12-18(15-7-9-16(26-2)10-8-15)19-13-23-20-6-4-3-5-17(19)20;/h3-10,13-14,18,23H,11-12,22H2,1-2H3,(H,24,25);1H. The van der Waals surface area contributed by atoms with Gasteiger partial charge in [-0.05, 0) is 36.2 Å². The summed E-state index contributed by atoms with van der Waals surface area (Å²) >= 11 is 0. The Kier molecular flexibility index (Phi) is 7.28. The second-order valence-corrected chi connectivity index (χ2v) is 6.60. The van der Waals surface area contributed by atoms with Crippen molar-refractivity contribution in [3.8, 4) is 5.75 Å². The molecule has 0 aliphatic carbocycles. The van der Waals surface area contributed by atoms with Gasteiger partial charge in [-0.3, -0.25) is 4.79 Å². The molecule has 0 saturated carbocycles. The van der Waals surface area contributed by atoms with Crippen molar-refractivity contribution in [3.05, 3.63) is 65.9 Å². The molecule has 2 atom stereocenters. The summed E-state index contributed by atoms with van der Waals surface area (Å²) in [6, 6.07) is 16.0. The van der Waals surface area contributed by atoms with Crippen LogP contribution in [0.25, 0.3) is 10.9 Å². The van der Waals surface area contributed by atoms with Crippen molar-refractivity contribution < 1.29 is 9.53 Å². The van der Waals surface area contributed by atoms with Crippen LogP contribution < -0.4 is 15.8 Å². The number of nitrogens with two attached hydrogens (primary N) is 1. The van der Waals surface area contributed by atoms with Gasteiger partial charge in [0.25, 0.3) is 0 Å². The number of rotatable bonds is 7. The number of nitrogens with one attached hydrogen (secondary N) is 2. The molecule has 1 aromatic heterocycles. The van der Waals surface area contributed by atoms with E-state index in [4.69, 9.17) is 10.5 Å². The molecule has 5 nitrogen and oxygen atoms in total. The van der Waals surface area contributed by atoms with Gasteiger partial charge in [0, 0.05) is 42.0 Å². The van der Waals surface area contributed by atoms with Gasteiger partial charge in [-0.15, -0.1) is 12.4 Å². The minimum atomic E-state index is -0.150. The molecular formula is C21H26ClN3O2. The molecule has 0 saturated heterocycles. The van der Waals surface area contributed by atoms with Crippen LogP contribution in [0.15, 0.2) is 54.7 Å². The highest BCUT2D eigenvalue weighted by molar-refractivity contribution is 5.85. The van der Waals surface area contributed by atoms with Crippen LogP contribution in [0.5, 0.6) is 5.75 Å². The Morgan fingerprint density at radius 3 is 2.56 bits per heavy atom. The second-order valence-electron chi connectivity index (χ2n) is 6.60.